The Morgan fingerprint density at radius 1 is 1.24 bits per heavy atom. The molecule has 7 nitrogen and oxygen atoms in total. The molecule has 0 N–H and O–H groups in total. The van der Waals surface area contributed by atoms with E-state index in [0.29, 0.717) is 24.8 Å². The first kappa shape index (κ1) is 19.8. The Hall–Kier alpha value is -2.45. The third kappa shape index (κ3) is 5.13. The molecule has 2 aromatic rings. The standard InChI is InChI=1S/C21H26FN3O4/c1-15-23-17(12-27-15)10-24-8-6-18(7-9-24)25-11-20(29-14-21(25)26)13-28-19-4-2-16(22)3-5-19/h2-5,12,18,20H,6-11,13-14H2,1H3/t20-/m1/s1. The first-order valence-electron chi connectivity index (χ1n) is 9.99. The number of aryl methyl sites for hydroxylation is 1. The van der Waals surface area contributed by atoms with Crippen molar-refractivity contribution in [1.82, 2.24) is 14.8 Å². The first-order chi connectivity index (χ1) is 14.1. The number of morpholine rings is 1. The molecule has 2 fully saturated rings. The highest BCUT2D eigenvalue weighted by Gasteiger charge is 2.34. The number of nitrogens with zero attached hydrogens (tertiary/aromatic N) is 3. The number of carbonyl (C=O) groups is 1. The van der Waals surface area contributed by atoms with Gasteiger partial charge in [0.05, 0.1) is 12.2 Å². The van der Waals surface area contributed by atoms with Gasteiger partial charge in [-0.2, -0.15) is 0 Å². The van der Waals surface area contributed by atoms with Gasteiger partial charge < -0.3 is 18.8 Å². The summed E-state index contributed by atoms with van der Waals surface area (Å²) in [5.74, 6) is 1.01. The second-order valence-corrected chi connectivity index (χ2v) is 7.61. The molecule has 2 saturated heterocycles. The quantitative estimate of drug-likeness (QED) is 0.738. The van der Waals surface area contributed by atoms with Gasteiger partial charge in [-0.15, -0.1) is 0 Å². The number of piperidine rings is 1. The van der Waals surface area contributed by atoms with E-state index in [1.54, 1.807) is 18.4 Å². The second-order valence-electron chi connectivity index (χ2n) is 7.61. The van der Waals surface area contributed by atoms with Crippen molar-refractivity contribution in [3.8, 4) is 5.75 Å². The lowest BCUT2D eigenvalue weighted by molar-refractivity contribution is -0.155. The molecule has 0 bridgehead atoms. The Morgan fingerprint density at radius 3 is 2.69 bits per heavy atom. The van der Waals surface area contributed by atoms with E-state index in [1.165, 1.54) is 12.1 Å². The maximum absolute atomic E-state index is 13.0. The molecule has 0 aliphatic carbocycles. The number of aromatic nitrogens is 1. The fourth-order valence-electron chi connectivity index (χ4n) is 3.92. The largest absolute Gasteiger partial charge is 0.491 e. The Balaban J connectivity index is 1.26. The molecule has 1 atom stereocenters. The summed E-state index contributed by atoms with van der Waals surface area (Å²) < 4.78 is 29.6. The molecule has 3 heterocycles. The van der Waals surface area contributed by atoms with Crippen molar-refractivity contribution >= 4 is 5.91 Å². The summed E-state index contributed by atoms with van der Waals surface area (Å²) in [6.45, 7) is 5.38. The minimum absolute atomic E-state index is 0.0357. The normalized spacial score (nSPS) is 21.5. The van der Waals surface area contributed by atoms with Gasteiger partial charge in [-0.3, -0.25) is 9.69 Å². The molecule has 0 spiro atoms. The van der Waals surface area contributed by atoms with Gasteiger partial charge in [-0.05, 0) is 37.1 Å². The maximum atomic E-state index is 13.0. The zero-order valence-corrected chi connectivity index (χ0v) is 16.6. The molecule has 0 saturated carbocycles. The molecule has 156 valence electrons. The van der Waals surface area contributed by atoms with Crippen LogP contribution in [0.15, 0.2) is 34.9 Å². The van der Waals surface area contributed by atoms with Gasteiger partial charge in [0.25, 0.3) is 0 Å². The zero-order valence-electron chi connectivity index (χ0n) is 16.6. The van der Waals surface area contributed by atoms with Gasteiger partial charge in [0, 0.05) is 32.6 Å². The van der Waals surface area contributed by atoms with E-state index in [9.17, 15) is 9.18 Å². The number of hydrogen-bond donors (Lipinski definition) is 0. The van der Waals surface area contributed by atoms with Crippen molar-refractivity contribution in [2.45, 2.75) is 38.5 Å². The summed E-state index contributed by atoms with van der Waals surface area (Å²) in [6, 6.07) is 6.12. The number of ether oxygens (including phenoxy) is 2. The molecule has 0 radical (unpaired) electrons. The second kappa shape index (κ2) is 8.92. The molecule has 2 aliphatic heterocycles. The number of likely N-dealkylation sites (tertiary alicyclic amines) is 1. The summed E-state index contributed by atoms with van der Waals surface area (Å²) in [6.07, 6.45) is 3.37. The Kier molecular flexibility index (Phi) is 6.10. The molecule has 1 aromatic carbocycles. The predicted molar refractivity (Wildman–Crippen MR) is 103 cm³/mol. The number of halogens is 1. The van der Waals surface area contributed by atoms with Gasteiger partial charge in [-0.25, -0.2) is 9.37 Å². The van der Waals surface area contributed by atoms with Crippen LogP contribution in [0.3, 0.4) is 0 Å². The fraction of sp³-hybridized carbons (Fsp3) is 0.524. The van der Waals surface area contributed by atoms with E-state index in [4.69, 9.17) is 13.9 Å². The number of oxazole rings is 1. The molecule has 0 unspecified atom stereocenters. The third-order valence-electron chi connectivity index (χ3n) is 5.46. The first-order valence-corrected chi connectivity index (χ1v) is 9.99. The number of carbonyl (C=O) groups excluding carboxylic acids is 1. The van der Waals surface area contributed by atoms with Crippen LogP contribution in [0.5, 0.6) is 5.75 Å². The highest BCUT2D eigenvalue weighted by molar-refractivity contribution is 5.78. The summed E-state index contributed by atoms with van der Waals surface area (Å²) >= 11 is 0. The van der Waals surface area contributed by atoms with Gasteiger partial charge in [0.2, 0.25) is 5.91 Å². The number of amides is 1. The monoisotopic (exact) mass is 403 g/mol. The van der Waals surface area contributed by atoms with Crippen LogP contribution in [0.1, 0.15) is 24.4 Å². The van der Waals surface area contributed by atoms with Crippen LogP contribution in [0.2, 0.25) is 0 Å². The van der Waals surface area contributed by atoms with Crippen LogP contribution in [-0.4, -0.2) is 65.7 Å². The third-order valence-corrected chi connectivity index (χ3v) is 5.46. The van der Waals surface area contributed by atoms with Crippen molar-refractivity contribution in [3.05, 3.63) is 47.9 Å². The Bertz CT molecular complexity index is 818. The topological polar surface area (TPSA) is 68.0 Å². The van der Waals surface area contributed by atoms with Gasteiger partial charge >= 0.3 is 0 Å². The minimum Gasteiger partial charge on any atom is -0.491 e. The van der Waals surface area contributed by atoms with Crippen molar-refractivity contribution in [3.63, 3.8) is 0 Å². The fourth-order valence-corrected chi connectivity index (χ4v) is 3.92. The highest BCUT2D eigenvalue weighted by Crippen LogP contribution is 2.22. The molecule has 1 amide bonds. The SMILES string of the molecule is Cc1nc(CN2CCC(N3C[C@H](COc4ccc(F)cc4)OCC3=O)CC2)co1. The van der Waals surface area contributed by atoms with Crippen LogP contribution in [-0.2, 0) is 16.1 Å². The Labute approximate surface area is 169 Å². The lowest BCUT2D eigenvalue weighted by atomic mass is 10.0. The maximum Gasteiger partial charge on any atom is 0.248 e. The molecular formula is C21H26FN3O4. The number of hydrogen-bond acceptors (Lipinski definition) is 6. The van der Waals surface area contributed by atoms with E-state index in [1.807, 2.05) is 11.8 Å². The predicted octanol–water partition coefficient (Wildman–Crippen LogP) is 2.39. The van der Waals surface area contributed by atoms with Crippen LogP contribution < -0.4 is 4.74 Å². The minimum atomic E-state index is -0.298. The van der Waals surface area contributed by atoms with E-state index in [0.717, 1.165) is 38.2 Å². The summed E-state index contributed by atoms with van der Waals surface area (Å²) in [5.41, 5.74) is 0.946. The number of benzene rings is 1. The molecular weight excluding hydrogens is 377 g/mol. The van der Waals surface area contributed by atoms with E-state index < -0.39 is 0 Å². The van der Waals surface area contributed by atoms with Gasteiger partial charge in [-0.1, -0.05) is 0 Å². The van der Waals surface area contributed by atoms with Crippen molar-refractivity contribution in [1.29, 1.82) is 0 Å². The molecule has 4 rings (SSSR count). The highest BCUT2D eigenvalue weighted by atomic mass is 19.1. The van der Waals surface area contributed by atoms with Crippen LogP contribution >= 0.6 is 0 Å². The van der Waals surface area contributed by atoms with Crippen molar-refractivity contribution < 1.29 is 23.1 Å². The average Bonchev–Trinajstić information content (AvgIpc) is 3.14. The smallest absolute Gasteiger partial charge is 0.248 e. The molecule has 2 aliphatic rings. The van der Waals surface area contributed by atoms with E-state index >= 15 is 0 Å². The van der Waals surface area contributed by atoms with E-state index in [-0.39, 0.29) is 30.5 Å². The van der Waals surface area contributed by atoms with Crippen molar-refractivity contribution in [2.24, 2.45) is 0 Å². The molecule has 1 aromatic heterocycles. The van der Waals surface area contributed by atoms with Crippen molar-refractivity contribution in [2.75, 3.05) is 32.8 Å². The van der Waals surface area contributed by atoms with Crippen LogP contribution in [0.4, 0.5) is 4.39 Å². The summed E-state index contributed by atoms with van der Waals surface area (Å²) in [4.78, 5) is 21.1. The lowest BCUT2D eigenvalue weighted by Gasteiger charge is -2.42. The van der Waals surface area contributed by atoms with E-state index in [2.05, 4.69) is 9.88 Å². The summed E-state index contributed by atoms with van der Waals surface area (Å²) in [5, 5.41) is 0. The average molecular weight is 403 g/mol. The van der Waals surface area contributed by atoms with Gasteiger partial charge in [0.15, 0.2) is 5.89 Å². The summed E-state index contributed by atoms with van der Waals surface area (Å²) in [7, 11) is 0. The molecule has 29 heavy (non-hydrogen) atoms. The van der Waals surface area contributed by atoms with Gasteiger partial charge in [0.1, 0.15) is 37.1 Å². The van der Waals surface area contributed by atoms with Crippen LogP contribution in [0.25, 0.3) is 0 Å². The molecule has 8 heteroatoms. The lowest BCUT2D eigenvalue weighted by Crippen LogP contribution is -2.55. The zero-order chi connectivity index (χ0) is 20.2. The Morgan fingerprint density at radius 2 is 2.00 bits per heavy atom. The van der Waals surface area contributed by atoms with Crippen LogP contribution in [0, 0.1) is 12.7 Å². The number of rotatable bonds is 6.